The highest BCUT2D eigenvalue weighted by Crippen LogP contribution is 1.99. The SMILES string of the molecule is CCCCN1[C]NCC1. The number of nitrogens with one attached hydrogen (secondary N) is 1. The highest BCUT2D eigenvalue weighted by Gasteiger charge is 2.09. The van der Waals surface area contributed by atoms with Crippen LogP contribution in [0.4, 0.5) is 0 Å². The lowest BCUT2D eigenvalue weighted by atomic mass is 10.3. The van der Waals surface area contributed by atoms with Crippen LogP contribution >= 0.6 is 0 Å². The van der Waals surface area contributed by atoms with Gasteiger partial charge in [-0.1, -0.05) is 13.3 Å². The number of hydrogen-bond acceptors (Lipinski definition) is 2. The van der Waals surface area contributed by atoms with Crippen molar-refractivity contribution < 1.29 is 0 Å². The fourth-order valence-electron chi connectivity index (χ4n) is 0.931. The summed E-state index contributed by atoms with van der Waals surface area (Å²) in [5, 5.41) is 3.06. The number of nitrogens with zero attached hydrogens (tertiary/aromatic N) is 1. The second kappa shape index (κ2) is 3.85. The van der Waals surface area contributed by atoms with Crippen LogP contribution in [0.2, 0.25) is 0 Å². The molecule has 0 amide bonds. The minimum absolute atomic E-state index is 1.07. The molecule has 1 N–H and O–H groups in total. The van der Waals surface area contributed by atoms with E-state index in [-0.39, 0.29) is 0 Å². The van der Waals surface area contributed by atoms with Gasteiger partial charge in [-0.2, -0.15) is 0 Å². The van der Waals surface area contributed by atoms with E-state index in [1.807, 2.05) is 0 Å². The van der Waals surface area contributed by atoms with Crippen molar-refractivity contribution in [2.24, 2.45) is 0 Å². The summed E-state index contributed by atoms with van der Waals surface area (Å²) in [4.78, 5) is 2.21. The van der Waals surface area contributed by atoms with Crippen LogP contribution in [0.25, 0.3) is 0 Å². The van der Waals surface area contributed by atoms with Gasteiger partial charge in [0.05, 0.1) is 0 Å². The van der Waals surface area contributed by atoms with E-state index >= 15 is 0 Å². The van der Waals surface area contributed by atoms with E-state index in [0.717, 1.165) is 13.1 Å². The minimum atomic E-state index is 1.07. The van der Waals surface area contributed by atoms with Crippen LogP contribution in [0.15, 0.2) is 0 Å². The monoisotopic (exact) mass is 126 g/mol. The molecule has 2 radical (unpaired) electrons. The first kappa shape index (κ1) is 7.03. The Kier molecular flexibility index (Phi) is 3.01. The predicted octanol–water partition coefficient (Wildman–Crippen LogP) is 0.688. The van der Waals surface area contributed by atoms with Gasteiger partial charge < -0.3 is 0 Å². The molecule has 52 valence electrons. The average molecular weight is 126 g/mol. The summed E-state index contributed by atoms with van der Waals surface area (Å²) in [6, 6.07) is 0. The first-order valence-electron chi connectivity index (χ1n) is 3.67. The van der Waals surface area contributed by atoms with E-state index in [0.29, 0.717) is 0 Å². The number of unbranched alkanes of at least 4 members (excludes halogenated alkanes) is 1. The lowest BCUT2D eigenvalue weighted by Gasteiger charge is -2.09. The van der Waals surface area contributed by atoms with E-state index in [1.54, 1.807) is 0 Å². The molecule has 1 fully saturated rings. The fraction of sp³-hybridized carbons (Fsp3) is 0.857. The smallest absolute Gasteiger partial charge is 0.143 e. The Morgan fingerprint density at radius 2 is 2.56 bits per heavy atom. The summed E-state index contributed by atoms with van der Waals surface area (Å²) in [5.74, 6) is 0. The van der Waals surface area contributed by atoms with Crippen molar-refractivity contribution in [2.45, 2.75) is 19.8 Å². The van der Waals surface area contributed by atoms with Gasteiger partial charge in [0, 0.05) is 19.6 Å². The third kappa shape index (κ3) is 2.33. The lowest BCUT2D eigenvalue weighted by Crippen LogP contribution is -2.18. The molecule has 9 heavy (non-hydrogen) atoms. The van der Waals surface area contributed by atoms with E-state index in [2.05, 4.69) is 23.8 Å². The van der Waals surface area contributed by atoms with Gasteiger partial charge in [0.25, 0.3) is 0 Å². The van der Waals surface area contributed by atoms with Gasteiger partial charge >= 0.3 is 0 Å². The average Bonchev–Trinajstić information content (AvgIpc) is 2.34. The molecular formula is C7H14N2. The van der Waals surface area contributed by atoms with Gasteiger partial charge in [0.1, 0.15) is 6.67 Å². The standard InChI is InChI=1S/C7H14N2/c1-2-3-5-9-6-4-8-7-9/h8H,2-6H2,1H3. The maximum Gasteiger partial charge on any atom is 0.143 e. The van der Waals surface area contributed by atoms with E-state index in [4.69, 9.17) is 0 Å². The molecule has 0 saturated carbocycles. The number of rotatable bonds is 3. The largest absolute Gasteiger partial charge is 0.292 e. The molecule has 0 aromatic rings. The Labute approximate surface area is 57.2 Å². The fourth-order valence-corrected chi connectivity index (χ4v) is 0.931. The molecule has 2 nitrogen and oxygen atoms in total. The maximum atomic E-state index is 3.07. The summed E-state index contributed by atoms with van der Waals surface area (Å²) in [5.41, 5.74) is 0. The molecular weight excluding hydrogens is 112 g/mol. The predicted molar refractivity (Wildman–Crippen MR) is 37.7 cm³/mol. The molecule has 1 aliphatic heterocycles. The quantitative estimate of drug-likeness (QED) is 0.598. The van der Waals surface area contributed by atoms with Gasteiger partial charge in [-0.25, -0.2) is 0 Å². The van der Waals surface area contributed by atoms with Crippen LogP contribution in [-0.4, -0.2) is 24.5 Å². The molecule has 0 spiro atoms. The van der Waals surface area contributed by atoms with Crippen molar-refractivity contribution in [2.75, 3.05) is 19.6 Å². The van der Waals surface area contributed by atoms with Crippen molar-refractivity contribution >= 4 is 0 Å². The van der Waals surface area contributed by atoms with Crippen LogP contribution in [0, 0.1) is 6.67 Å². The topological polar surface area (TPSA) is 15.3 Å². The molecule has 0 atom stereocenters. The van der Waals surface area contributed by atoms with Crippen molar-refractivity contribution in [3.05, 3.63) is 6.67 Å². The van der Waals surface area contributed by atoms with Gasteiger partial charge in [-0.3, -0.25) is 10.2 Å². The molecule has 1 rings (SSSR count). The highest BCUT2D eigenvalue weighted by molar-refractivity contribution is 4.74. The van der Waals surface area contributed by atoms with Crippen LogP contribution in [0.3, 0.4) is 0 Å². The second-order valence-corrected chi connectivity index (χ2v) is 2.38. The van der Waals surface area contributed by atoms with Gasteiger partial charge in [-0.05, 0) is 6.42 Å². The zero-order chi connectivity index (χ0) is 6.53. The van der Waals surface area contributed by atoms with Crippen molar-refractivity contribution in [1.29, 1.82) is 0 Å². The first-order valence-corrected chi connectivity index (χ1v) is 3.67. The summed E-state index contributed by atoms with van der Waals surface area (Å²) in [7, 11) is 0. The Morgan fingerprint density at radius 3 is 3.11 bits per heavy atom. The highest BCUT2D eigenvalue weighted by atomic mass is 15.3. The van der Waals surface area contributed by atoms with Crippen LogP contribution < -0.4 is 5.32 Å². The van der Waals surface area contributed by atoms with E-state index in [1.165, 1.54) is 19.4 Å². The molecule has 0 aliphatic carbocycles. The Hall–Kier alpha value is -0.0800. The Bertz CT molecular complexity index is 67.3. The van der Waals surface area contributed by atoms with E-state index in [9.17, 15) is 0 Å². The molecule has 0 aromatic carbocycles. The van der Waals surface area contributed by atoms with Gasteiger partial charge in [0.15, 0.2) is 0 Å². The van der Waals surface area contributed by atoms with Crippen LogP contribution in [-0.2, 0) is 0 Å². The molecule has 2 heteroatoms. The Balaban J connectivity index is 1.98. The molecule has 0 unspecified atom stereocenters. The summed E-state index contributed by atoms with van der Waals surface area (Å²) in [6.45, 7) is 8.67. The molecule has 1 heterocycles. The maximum absolute atomic E-state index is 3.07. The van der Waals surface area contributed by atoms with Gasteiger partial charge in [-0.15, -0.1) is 0 Å². The summed E-state index contributed by atoms with van der Waals surface area (Å²) >= 11 is 0. The third-order valence-corrected chi connectivity index (χ3v) is 1.53. The van der Waals surface area contributed by atoms with Crippen molar-refractivity contribution in [3.8, 4) is 0 Å². The van der Waals surface area contributed by atoms with Gasteiger partial charge in [0.2, 0.25) is 0 Å². The molecule has 0 aromatic heterocycles. The lowest BCUT2D eigenvalue weighted by molar-refractivity contribution is 0.378. The third-order valence-electron chi connectivity index (χ3n) is 1.53. The molecule has 1 saturated heterocycles. The zero-order valence-electron chi connectivity index (χ0n) is 5.98. The first-order chi connectivity index (χ1) is 4.43. The normalized spacial score (nSPS) is 21.0. The van der Waals surface area contributed by atoms with Crippen LogP contribution in [0.5, 0.6) is 0 Å². The summed E-state index contributed by atoms with van der Waals surface area (Å²) in [6.07, 6.45) is 2.56. The Morgan fingerprint density at radius 1 is 1.67 bits per heavy atom. The molecule has 0 bridgehead atoms. The second-order valence-electron chi connectivity index (χ2n) is 2.38. The molecule has 1 aliphatic rings. The minimum Gasteiger partial charge on any atom is -0.292 e. The summed E-state index contributed by atoms with van der Waals surface area (Å²) < 4.78 is 0. The van der Waals surface area contributed by atoms with E-state index < -0.39 is 0 Å². The van der Waals surface area contributed by atoms with Crippen LogP contribution in [0.1, 0.15) is 19.8 Å². The zero-order valence-corrected chi connectivity index (χ0v) is 5.98. The van der Waals surface area contributed by atoms with Crippen molar-refractivity contribution in [3.63, 3.8) is 0 Å². The number of hydrogen-bond donors (Lipinski definition) is 1. The van der Waals surface area contributed by atoms with Crippen molar-refractivity contribution in [1.82, 2.24) is 10.2 Å².